The fourth-order valence-electron chi connectivity index (χ4n) is 2.38. The van der Waals surface area contributed by atoms with Gasteiger partial charge in [-0.2, -0.15) is 0 Å². The summed E-state index contributed by atoms with van der Waals surface area (Å²) in [5.41, 5.74) is 0.613. The Balaban J connectivity index is 2.36. The van der Waals surface area contributed by atoms with E-state index in [2.05, 4.69) is 5.32 Å². The molecular formula is C17H18Cl2N2O4S. The SMILES string of the molecule is COc1cccc(NC(=O)C(C)N(c2cc(Cl)ccc2Cl)S(C)(=O)=O)c1. The van der Waals surface area contributed by atoms with Crippen molar-refractivity contribution < 1.29 is 17.9 Å². The summed E-state index contributed by atoms with van der Waals surface area (Å²) in [6, 6.07) is 10.1. The van der Waals surface area contributed by atoms with Gasteiger partial charge in [0, 0.05) is 16.8 Å². The number of methoxy groups -OCH3 is 1. The Morgan fingerprint density at radius 3 is 2.50 bits per heavy atom. The number of sulfonamides is 1. The number of nitrogens with one attached hydrogen (secondary N) is 1. The molecule has 2 aromatic carbocycles. The van der Waals surface area contributed by atoms with Gasteiger partial charge in [0.15, 0.2) is 0 Å². The third-order valence-corrected chi connectivity index (χ3v) is 5.35. The Kier molecular flexibility index (Phi) is 6.39. The van der Waals surface area contributed by atoms with Crippen molar-refractivity contribution in [3.63, 3.8) is 0 Å². The molecule has 2 rings (SSSR count). The van der Waals surface area contributed by atoms with Crippen LogP contribution < -0.4 is 14.4 Å². The smallest absolute Gasteiger partial charge is 0.247 e. The van der Waals surface area contributed by atoms with E-state index in [0.29, 0.717) is 16.5 Å². The molecular weight excluding hydrogens is 399 g/mol. The Morgan fingerprint density at radius 1 is 1.19 bits per heavy atom. The van der Waals surface area contributed by atoms with Gasteiger partial charge in [0.2, 0.25) is 15.9 Å². The Bertz CT molecular complexity index is 919. The minimum atomic E-state index is -3.80. The summed E-state index contributed by atoms with van der Waals surface area (Å²) in [6.45, 7) is 1.47. The highest BCUT2D eigenvalue weighted by Gasteiger charge is 2.30. The highest BCUT2D eigenvalue weighted by atomic mass is 35.5. The van der Waals surface area contributed by atoms with Crippen molar-refractivity contribution in [2.75, 3.05) is 23.0 Å². The second kappa shape index (κ2) is 8.16. The van der Waals surface area contributed by atoms with Gasteiger partial charge >= 0.3 is 0 Å². The minimum absolute atomic E-state index is 0.134. The zero-order valence-electron chi connectivity index (χ0n) is 14.4. The van der Waals surface area contributed by atoms with Crippen LogP contribution in [-0.2, 0) is 14.8 Å². The highest BCUT2D eigenvalue weighted by Crippen LogP contribution is 2.32. The first-order chi connectivity index (χ1) is 12.1. The lowest BCUT2D eigenvalue weighted by atomic mass is 10.2. The maximum atomic E-state index is 12.6. The molecule has 26 heavy (non-hydrogen) atoms. The fraction of sp³-hybridized carbons (Fsp3) is 0.235. The van der Waals surface area contributed by atoms with Crippen molar-refractivity contribution in [3.05, 3.63) is 52.5 Å². The molecule has 6 nitrogen and oxygen atoms in total. The van der Waals surface area contributed by atoms with Gasteiger partial charge in [-0.15, -0.1) is 0 Å². The van der Waals surface area contributed by atoms with Gasteiger partial charge in [0.1, 0.15) is 11.8 Å². The monoisotopic (exact) mass is 416 g/mol. The number of hydrogen-bond acceptors (Lipinski definition) is 4. The van der Waals surface area contributed by atoms with Gasteiger partial charge < -0.3 is 10.1 Å². The van der Waals surface area contributed by atoms with Gasteiger partial charge in [-0.3, -0.25) is 9.10 Å². The Morgan fingerprint density at radius 2 is 1.88 bits per heavy atom. The van der Waals surface area contributed by atoms with Gasteiger partial charge in [-0.1, -0.05) is 29.3 Å². The Hall–Kier alpha value is -1.96. The predicted molar refractivity (Wildman–Crippen MR) is 105 cm³/mol. The largest absolute Gasteiger partial charge is 0.497 e. The third-order valence-electron chi connectivity index (χ3n) is 3.57. The number of carbonyl (C=O) groups is 1. The van der Waals surface area contributed by atoms with Crippen molar-refractivity contribution in [2.24, 2.45) is 0 Å². The van der Waals surface area contributed by atoms with Crippen LogP contribution in [0.1, 0.15) is 6.92 Å². The number of amides is 1. The van der Waals surface area contributed by atoms with E-state index in [9.17, 15) is 13.2 Å². The maximum Gasteiger partial charge on any atom is 0.247 e. The number of halogens is 2. The van der Waals surface area contributed by atoms with Gasteiger partial charge in [-0.25, -0.2) is 8.42 Å². The molecule has 2 aromatic rings. The van der Waals surface area contributed by atoms with Gasteiger partial charge in [0.05, 0.1) is 24.1 Å². The lowest BCUT2D eigenvalue weighted by Gasteiger charge is -2.29. The topological polar surface area (TPSA) is 75.7 Å². The zero-order valence-corrected chi connectivity index (χ0v) is 16.7. The molecule has 0 spiro atoms. The molecule has 0 aliphatic rings. The number of hydrogen-bond donors (Lipinski definition) is 1. The molecule has 0 radical (unpaired) electrons. The number of rotatable bonds is 6. The third kappa shape index (κ3) is 4.81. The van der Waals surface area contributed by atoms with Crippen LogP contribution in [-0.4, -0.2) is 33.7 Å². The van der Waals surface area contributed by atoms with Crippen molar-refractivity contribution in [3.8, 4) is 5.75 Å². The van der Waals surface area contributed by atoms with E-state index in [1.807, 2.05) is 0 Å². The first-order valence-corrected chi connectivity index (χ1v) is 10.1. The molecule has 9 heteroatoms. The lowest BCUT2D eigenvalue weighted by Crippen LogP contribution is -2.45. The number of benzene rings is 2. The summed E-state index contributed by atoms with van der Waals surface area (Å²) >= 11 is 12.1. The van der Waals surface area contributed by atoms with Crippen LogP contribution in [0.25, 0.3) is 0 Å². The number of anilines is 2. The second-order valence-corrected chi connectivity index (χ2v) is 8.25. The molecule has 140 valence electrons. The van der Waals surface area contributed by atoms with Crippen molar-refractivity contribution >= 4 is 50.5 Å². The van der Waals surface area contributed by atoms with Crippen LogP contribution in [0.15, 0.2) is 42.5 Å². The molecule has 0 saturated heterocycles. The summed E-state index contributed by atoms with van der Waals surface area (Å²) in [5, 5.41) is 3.14. The molecule has 0 bridgehead atoms. The van der Waals surface area contributed by atoms with Crippen molar-refractivity contribution in [1.29, 1.82) is 0 Å². The standard InChI is InChI=1S/C17H18Cl2N2O4S/c1-11(17(22)20-13-5-4-6-14(10-13)25-2)21(26(3,23)24)16-9-12(18)7-8-15(16)19/h4-11H,1-3H3,(H,20,22). The van der Waals surface area contributed by atoms with E-state index in [-0.39, 0.29) is 10.7 Å². The average Bonchev–Trinajstić information content (AvgIpc) is 2.57. The van der Waals surface area contributed by atoms with Crippen LogP contribution >= 0.6 is 23.2 Å². The van der Waals surface area contributed by atoms with E-state index >= 15 is 0 Å². The first kappa shape index (κ1) is 20.4. The summed E-state index contributed by atoms with van der Waals surface area (Å²) in [7, 11) is -2.29. The van der Waals surface area contributed by atoms with Crippen LogP contribution in [0.2, 0.25) is 10.0 Å². The van der Waals surface area contributed by atoms with E-state index in [4.69, 9.17) is 27.9 Å². The molecule has 0 aromatic heterocycles. The number of ether oxygens (including phenoxy) is 1. The molecule has 0 saturated carbocycles. The highest BCUT2D eigenvalue weighted by molar-refractivity contribution is 7.92. The van der Waals surface area contributed by atoms with Crippen LogP contribution in [0, 0.1) is 0 Å². The second-order valence-electron chi connectivity index (χ2n) is 5.55. The quantitative estimate of drug-likeness (QED) is 0.776. The molecule has 1 N–H and O–H groups in total. The molecule has 0 fully saturated rings. The van der Waals surface area contributed by atoms with Gasteiger partial charge in [0.25, 0.3) is 0 Å². The molecule has 0 aliphatic carbocycles. The summed E-state index contributed by atoms with van der Waals surface area (Å²) in [6.07, 6.45) is 1.000. The predicted octanol–water partition coefficient (Wildman–Crippen LogP) is 3.80. The zero-order chi connectivity index (χ0) is 19.5. The normalized spacial score (nSPS) is 12.3. The fourth-order valence-corrected chi connectivity index (χ4v) is 3.99. The Labute approximate surface area is 162 Å². The van der Waals surface area contributed by atoms with Crippen LogP contribution in [0.5, 0.6) is 5.75 Å². The van der Waals surface area contributed by atoms with Crippen LogP contribution in [0.3, 0.4) is 0 Å². The number of carbonyl (C=O) groups excluding carboxylic acids is 1. The van der Waals surface area contributed by atoms with Crippen molar-refractivity contribution in [2.45, 2.75) is 13.0 Å². The first-order valence-electron chi connectivity index (χ1n) is 7.53. The summed E-state index contributed by atoms with van der Waals surface area (Å²) < 4.78 is 30.7. The van der Waals surface area contributed by atoms with Gasteiger partial charge in [-0.05, 0) is 37.3 Å². The van der Waals surface area contributed by atoms with E-state index in [1.54, 1.807) is 24.3 Å². The maximum absolute atomic E-state index is 12.6. The minimum Gasteiger partial charge on any atom is -0.497 e. The summed E-state index contributed by atoms with van der Waals surface area (Å²) in [5.74, 6) is 0.0352. The number of nitrogens with zero attached hydrogens (tertiary/aromatic N) is 1. The van der Waals surface area contributed by atoms with E-state index in [1.165, 1.54) is 32.2 Å². The van der Waals surface area contributed by atoms with E-state index in [0.717, 1.165) is 10.6 Å². The van der Waals surface area contributed by atoms with Crippen molar-refractivity contribution in [1.82, 2.24) is 0 Å². The molecule has 0 aliphatic heterocycles. The molecule has 0 heterocycles. The molecule has 1 unspecified atom stereocenters. The average molecular weight is 417 g/mol. The molecule has 1 amide bonds. The summed E-state index contributed by atoms with van der Waals surface area (Å²) in [4.78, 5) is 12.6. The lowest BCUT2D eigenvalue weighted by molar-refractivity contribution is -0.116. The van der Waals surface area contributed by atoms with Crippen LogP contribution in [0.4, 0.5) is 11.4 Å². The van der Waals surface area contributed by atoms with E-state index < -0.39 is 22.0 Å². The molecule has 1 atom stereocenters.